The Morgan fingerprint density at radius 3 is 2.69 bits per heavy atom. The molecular weight excluding hydrogens is 386 g/mol. The molecule has 0 bridgehead atoms. The number of hydrogen-bond donors (Lipinski definition) is 2. The normalized spacial score (nSPS) is 21.6. The molecule has 154 valence electrons. The van der Waals surface area contributed by atoms with Crippen molar-refractivity contribution in [3.05, 3.63) is 33.9 Å². The van der Waals surface area contributed by atoms with E-state index >= 15 is 0 Å². The van der Waals surface area contributed by atoms with Crippen LogP contribution in [-0.2, 0) is 4.79 Å². The second-order valence-corrected chi connectivity index (χ2v) is 7.60. The Labute approximate surface area is 164 Å². The lowest BCUT2D eigenvalue weighted by Gasteiger charge is -2.19. The zero-order valence-electron chi connectivity index (χ0n) is 15.7. The summed E-state index contributed by atoms with van der Waals surface area (Å²) in [5, 5.41) is 11.8. The van der Waals surface area contributed by atoms with Gasteiger partial charge >= 0.3 is 5.97 Å². The molecule has 2 aromatic rings. The first-order valence-corrected chi connectivity index (χ1v) is 9.38. The van der Waals surface area contributed by atoms with Gasteiger partial charge in [-0.25, -0.2) is 18.6 Å². The number of rotatable bonds is 5. The second kappa shape index (κ2) is 7.09. The third kappa shape index (κ3) is 3.54. The predicted octanol–water partition coefficient (Wildman–Crippen LogP) is 1.48. The van der Waals surface area contributed by atoms with Gasteiger partial charge in [-0.2, -0.15) is 0 Å². The molecule has 8 nitrogen and oxygen atoms in total. The topological polar surface area (TPSA) is 105 Å². The smallest absolute Gasteiger partial charge is 0.341 e. The molecule has 1 saturated heterocycles. The molecule has 3 heterocycles. The zero-order chi connectivity index (χ0) is 20.9. The van der Waals surface area contributed by atoms with Gasteiger partial charge in [0.05, 0.1) is 11.9 Å². The summed E-state index contributed by atoms with van der Waals surface area (Å²) < 4.78 is 30.8. The van der Waals surface area contributed by atoms with E-state index in [4.69, 9.17) is 0 Å². The van der Waals surface area contributed by atoms with Gasteiger partial charge in [0.15, 0.2) is 11.6 Å². The van der Waals surface area contributed by atoms with E-state index in [1.807, 2.05) is 0 Å². The fourth-order valence-corrected chi connectivity index (χ4v) is 3.71. The predicted molar refractivity (Wildman–Crippen MR) is 100 cm³/mol. The Hall–Kier alpha value is -3.04. The van der Waals surface area contributed by atoms with E-state index in [2.05, 4.69) is 10.3 Å². The Morgan fingerprint density at radius 2 is 2.07 bits per heavy atom. The minimum Gasteiger partial charge on any atom is -0.477 e. The van der Waals surface area contributed by atoms with Crippen LogP contribution in [0.2, 0.25) is 0 Å². The molecule has 1 aliphatic carbocycles. The zero-order valence-corrected chi connectivity index (χ0v) is 15.7. The maximum absolute atomic E-state index is 14.8. The molecule has 1 aliphatic heterocycles. The highest BCUT2D eigenvalue weighted by molar-refractivity contribution is 5.92. The number of aromatic carboxylic acids is 1. The molecule has 0 spiro atoms. The van der Waals surface area contributed by atoms with Crippen molar-refractivity contribution in [3.8, 4) is 0 Å². The van der Waals surface area contributed by atoms with Gasteiger partial charge in [-0.1, -0.05) is 0 Å². The number of halogens is 2. The van der Waals surface area contributed by atoms with Gasteiger partial charge in [-0.05, 0) is 18.9 Å². The summed E-state index contributed by atoms with van der Waals surface area (Å²) in [5.74, 6) is -3.05. The Bertz CT molecular complexity index is 1070. The summed E-state index contributed by atoms with van der Waals surface area (Å²) in [6.45, 7) is 1.56. The molecule has 0 radical (unpaired) electrons. The molecule has 29 heavy (non-hydrogen) atoms. The number of carbonyl (C=O) groups excluding carboxylic acids is 1. The van der Waals surface area contributed by atoms with E-state index in [-0.39, 0.29) is 48.4 Å². The van der Waals surface area contributed by atoms with Crippen LogP contribution in [0.15, 0.2) is 17.1 Å². The van der Waals surface area contributed by atoms with Crippen LogP contribution in [0.3, 0.4) is 0 Å². The van der Waals surface area contributed by atoms with Gasteiger partial charge in [0.2, 0.25) is 11.3 Å². The second-order valence-electron chi connectivity index (χ2n) is 7.60. The average molecular weight is 406 g/mol. The number of fused-ring (bicyclic) bond motifs is 1. The van der Waals surface area contributed by atoms with E-state index in [0.29, 0.717) is 0 Å². The number of alkyl halides is 1. The Balaban J connectivity index is 1.75. The van der Waals surface area contributed by atoms with Crippen LogP contribution in [0, 0.1) is 11.7 Å². The fourth-order valence-electron chi connectivity index (χ4n) is 3.71. The number of aromatic nitrogens is 2. The molecule has 2 aliphatic rings. The monoisotopic (exact) mass is 406 g/mol. The lowest BCUT2D eigenvalue weighted by molar-refractivity contribution is -0.119. The number of carboxylic acids is 1. The van der Waals surface area contributed by atoms with Crippen LogP contribution in [0.5, 0.6) is 0 Å². The highest BCUT2D eigenvalue weighted by Gasteiger charge is 2.35. The summed E-state index contributed by atoms with van der Waals surface area (Å²) in [7, 11) is 0. The summed E-state index contributed by atoms with van der Waals surface area (Å²) in [6.07, 6.45) is 1.60. The Kier molecular flexibility index (Phi) is 4.71. The number of carbonyl (C=O) groups is 2. The van der Waals surface area contributed by atoms with E-state index in [9.17, 15) is 28.3 Å². The van der Waals surface area contributed by atoms with E-state index in [0.717, 1.165) is 18.9 Å². The van der Waals surface area contributed by atoms with Crippen molar-refractivity contribution >= 4 is 28.7 Å². The summed E-state index contributed by atoms with van der Waals surface area (Å²) in [6, 6.07) is 0.988. The molecule has 2 fully saturated rings. The molecule has 2 N–H and O–H groups in total. The van der Waals surface area contributed by atoms with E-state index in [1.54, 1.807) is 4.57 Å². The van der Waals surface area contributed by atoms with Crippen LogP contribution in [0.25, 0.3) is 11.0 Å². The number of nitrogens with one attached hydrogen (secondary N) is 1. The van der Waals surface area contributed by atoms with Crippen LogP contribution in [0.4, 0.5) is 14.6 Å². The van der Waals surface area contributed by atoms with Gasteiger partial charge in [-0.15, -0.1) is 0 Å². The fraction of sp³-hybridized carbons (Fsp3) is 0.474. The van der Waals surface area contributed by atoms with Crippen LogP contribution in [0.1, 0.15) is 36.2 Å². The van der Waals surface area contributed by atoms with Crippen molar-refractivity contribution in [2.75, 3.05) is 24.5 Å². The van der Waals surface area contributed by atoms with Gasteiger partial charge in [0.1, 0.15) is 17.4 Å². The van der Waals surface area contributed by atoms with Gasteiger partial charge in [-0.3, -0.25) is 9.59 Å². The van der Waals surface area contributed by atoms with Gasteiger partial charge < -0.3 is 19.9 Å². The maximum Gasteiger partial charge on any atom is 0.341 e. The molecule has 1 amide bonds. The maximum atomic E-state index is 14.8. The molecular formula is C19H20F2N4O4. The standard InChI is InChI=1S/C19H20F2N4O4/c1-9(26)22-5-10-6-24(8-15(10)21)18-14(20)4-12-16(27)13(19(28)29)7-25(11-2-3-11)17(12)23-18/h4,7,10-11,15H,2-3,5-6,8H2,1H3,(H,22,26)(H,28,29)/t10-,15-/m0/s1. The molecule has 0 aromatic carbocycles. The van der Waals surface area contributed by atoms with Crippen LogP contribution >= 0.6 is 0 Å². The number of pyridine rings is 2. The first-order valence-electron chi connectivity index (χ1n) is 9.38. The minimum absolute atomic E-state index is 0.00188. The quantitative estimate of drug-likeness (QED) is 0.780. The Morgan fingerprint density at radius 1 is 1.34 bits per heavy atom. The van der Waals surface area contributed by atoms with Crippen molar-refractivity contribution in [1.29, 1.82) is 0 Å². The van der Waals surface area contributed by atoms with Gasteiger partial charge in [0, 0.05) is 38.2 Å². The van der Waals surface area contributed by atoms with Crippen LogP contribution in [-0.4, -0.2) is 52.3 Å². The molecule has 4 rings (SSSR count). The molecule has 0 unspecified atom stereocenters. The SMILES string of the molecule is CC(=O)NC[C@H]1CN(c2nc3c(cc2F)c(=O)c(C(=O)O)cn3C2CC2)C[C@@H]1F. The van der Waals surface area contributed by atoms with Crippen molar-refractivity contribution < 1.29 is 23.5 Å². The van der Waals surface area contributed by atoms with E-state index < -0.39 is 34.9 Å². The van der Waals surface area contributed by atoms with E-state index in [1.165, 1.54) is 18.0 Å². The van der Waals surface area contributed by atoms with Crippen molar-refractivity contribution in [3.63, 3.8) is 0 Å². The first-order chi connectivity index (χ1) is 13.8. The minimum atomic E-state index is -1.38. The van der Waals surface area contributed by atoms with Gasteiger partial charge in [0.25, 0.3) is 0 Å². The number of nitrogens with zero attached hydrogens (tertiary/aromatic N) is 3. The van der Waals surface area contributed by atoms with Crippen molar-refractivity contribution in [2.45, 2.75) is 32.0 Å². The largest absolute Gasteiger partial charge is 0.477 e. The third-order valence-corrected chi connectivity index (χ3v) is 5.38. The summed E-state index contributed by atoms with van der Waals surface area (Å²) in [4.78, 5) is 40.7. The van der Waals surface area contributed by atoms with Crippen molar-refractivity contribution in [2.24, 2.45) is 5.92 Å². The average Bonchev–Trinajstić information content (AvgIpc) is 3.43. The highest BCUT2D eigenvalue weighted by atomic mass is 19.1. The lowest BCUT2D eigenvalue weighted by atomic mass is 10.1. The summed E-state index contributed by atoms with van der Waals surface area (Å²) in [5.41, 5.74) is -1.03. The third-order valence-electron chi connectivity index (χ3n) is 5.38. The summed E-state index contributed by atoms with van der Waals surface area (Å²) >= 11 is 0. The lowest BCUT2D eigenvalue weighted by Crippen LogP contribution is -2.31. The van der Waals surface area contributed by atoms with Crippen LogP contribution < -0.4 is 15.6 Å². The first kappa shape index (κ1) is 19.3. The molecule has 1 saturated carbocycles. The number of hydrogen-bond acceptors (Lipinski definition) is 5. The number of carboxylic acid groups (broad SMARTS) is 1. The molecule has 10 heteroatoms. The molecule has 2 atom stereocenters. The highest BCUT2D eigenvalue weighted by Crippen LogP contribution is 2.37. The van der Waals surface area contributed by atoms with Crippen molar-refractivity contribution in [1.82, 2.24) is 14.9 Å². The number of amides is 1. The molecule has 2 aromatic heterocycles. The number of anilines is 1.